The van der Waals surface area contributed by atoms with E-state index in [4.69, 9.17) is 14.2 Å². The molecule has 0 aromatic rings. The van der Waals surface area contributed by atoms with Crippen molar-refractivity contribution in [2.45, 2.75) is 82.9 Å². The molecule has 3 aliphatic rings. The van der Waals surface area contributed by atoms with Crippen LogP contribution in [0.5, 0.6) is 0 Å². The molecule has 21 heavy (non-hydrogen) atoms. The Morgan fingerprint density at radius 1 is 1.14 bits per heavy atom. The summed E-state index contributed by atoms with van der Waals surface area (Å²) >= 11 is 0. The van der Waals surface area contributed by atoms with Crippen molar-refractivity contribution in [3.63, 3.8) is 0 Å². The van der Waals surface area contributed by atoms with Gasteiger partial charge in [-0.3, -0.25) is 4.79 Å². The van der Waals surface area contributed by atoms with Crippen molar-refractivity contribution >= 4 is 5.97 Å². The highest BCUT2D eigenvalue weighted by molar-refractivity contribution is 5.66. The number of ether oxygens (including phenoxy) is 3. The predicted octanol–water partition coefficient (Wildman–Crippen LogP) is 3.00. The minimum absolute atomic E-state index is 0.00738. The van der Waals surface area contributed by atoms with Gasteiger partial charge in [0.15, 0.2) is 0 Å². The SMILES string of the molecule is C=C(C)[C@@H]1CC[C@@]2(C)O[C@@H]2CC[C@]2(C)O[C@H]2[C@@H]1OC(C)=O. The smallest absolute Gasteiger partial charge is 0.303 e. The molecule has 4 nitrogen and oxygen atoms in total. The van der Waals surface area contributed by atoms with Gasteiger partial charge in [0.25, 0.3) is 0 Å². The summed E-state index contributed by atoms with van der Waals surface area (Å²) in [7, 11) is 0. The highest BCUT2D eigenvalue weighted by atomic mass is 16.6. The lowest BCUT2D eigenvalue weighted by atomic mass is 9.80. The summed E-state index contributed by atoms with van der Waals surface area (Å²) in [4.78, 5) is 11.5. The maximum Gasteiger partial charge on any atom is 0.303 e. The second-order valence-electron chi connectivity index (χ2n) is 7.37. The second-order valence-corrected chi connectivity index (χ2v) is 7.37. The standard InChI is InChI=1S/C17H26O4/c1-10(2)12-6-8-16(4)13(20-16)7-9-17(5)15(21-17)14(12)19-11(3)18/h12-15H,1,6-9H2,2-5H3/t12-,13+,14+,15-,16+,17-/m0/s1. The maximum atomic E-state index is 11.5. The van der Waals surface area contributed by atoms with Crippen molar-refractivity contribution in [3.05, 3.63) is 12.2 Å². The summed E-state index contributed by atoms with van der Waals surface area (Å²) in [6, 6.07) is 0. The fourth-order valence-corrected chi connectivity index (χ4v) is 3.84. The molecule has 0 bridgehead atoms. The first-order valence-electron chi connectivity index (χ1n) is 7.93. The van der Waals surface area contributed by atoms with Crippen LogP contribution < -0.4 is 0 Å². The molecule has 1 aliphatic carbocycles. The Balaban J connectivity index is 1.84. The number of hydrogen-bond acceptors (Lipinski definition) is 4. The van der Waals surface area contributed by atoms with Crippen LogP contribution in [0.3, 0.4) is 0 Å². The van der Waals surface area contributed by atoms with E-state index >= 15 is 0 Å². The Labute approximate surface area is 126 Å². The average molecular weight is 294 g/mol. The van der Waals surface area contributed by atoms with Crippen LogP contribution in [-0.2, 0) is 19.0 Å². The zero-order chi connectivity index (χ0) is 15.4. The fraction of sp³-hybridized carbons (Fsp3) is 0.824. The van der Waals surface area contributed by atoms with Gasteiger partial charge in [0, 0.05) is 12.8 Å². The maximum absolute atomic E-state index is 11.5. The number of esters is 1. The summed E-state index contributed by atoms with van der Waals surface area (Å²) < 4.78 is 17.5. The molecule has 118 valence electrons. The van der Waals surface area contributed by atoms with Crippen molar-refractivity contribution in [3.8, 4) is 0 Å². The van der Waals surface area contributed by atoms with Crippen LogP contribution >= 0.6 is 0 Å². The minimum atomic E-state index is -0.243. The summed E-state index contributed by atoms with van der Waals surface area (Å²) in [6.07, 6.45) is 4.02. The van der Waals surface area contributed by atoms with Crippen LogP contribution in [0, 0.1) is 5.92 Å². The molecule has 2 aliphatic heterocycles. The second kappa shape index (κ2) is 4.82. The monoisotopic (exact) mass is 294 g/mol. The molecule has 2 heterocycles. The van der Waals surface area contributed by atoms with E-state index in [2.05, 4.69) is 20.4 Å². The van der Waals surface area contributed by atoms with Crippen LogP contribution in [0.1, 0.15) is 53.4 Å². The van der Waals surface area contributed by atoms with E-state index < -0.39 is 0 Å². The molecular formula is C17H26O4. The first-order chi connectivity index (χ1) is 9.75. The molecule has 0 amide bonds. The lowest BCUT2D eigenvalue weighted by Gasteiger charge is -2.28. The van der Waals surface area contributed by atoms with Crippen LogP contribution in [-0.4, -0.2) is 35.5 Å². The molecule has 3 fully saturated rings. The summed E-state index contributed by atoms with van der Waals surface area (Å²) in [5, 5.41) is 0. The lowest BCUT2D eigenvalue weighted by Crippen LogP contribution is -2.36. The van der Waals surface area contributed by atoms with E-state index in [0.717, 1.165) is 31.3 Å². The Hall–Kier alpha value is -0.870. The van der Waals surface area contributed by atoms with Gasteiger partial charge in [0.1, 0.15) is 12.2 Å². The topological polar surface area (TPSA) is 51.4 Å². The van der Waals surface area contributed by atoms with Crippen LogP contribution in [0.25, 0.3) is 0 Å². The number of carbonyl (C=O) groups excluding carboxylic acids is 1. The molecule has 1 saturated carbocycles. The number of fused-ring (bicyclic) bond motifs is 2. The van der Waals surface area contributed by atoms with Gasteiger partial charge >= 0.3 is 5.97 Å². The zero-order valence-corrected chi connectivity index (χ0v) is 13.5. The first kappa shape index (κ1) is 15.0. The van der Waals surface area contributed by atoms with Crippen molar-refractivity contribution in [2.75, 3.05) is 0 Å². The van der Waals surface area contributed by atoms with Crippen molar-refractivity contribution in [1.29, 1.82) is 0 Å². The molecule has 4 heteroatoms. The van der Waals surface area contributed by atoms with E-state index in [1.165, 1.54) is 6.92 Å². The molecule has 0 spiro atoms. The number of hydrogen-bond donors (Lipinski definition) is 0. The van der Waals surface area contributed by atoms with Crippen molar-refractivity contribution in [1.82, 2.24) is 0 Å². The number of epoxide rings is 2. The van der Waals surface area contributed by atoms with Gasteiger partial charge in [-0.25, -0.2) is 0 Å². The van der Waals surface area contributed by atoms with Crippen LogP contribution in [0.4, 0.5) is 0 Å². The van der Waals surface area contributed by atoms with Gasteiger partial charge in [-0.2, -0.15) is 0 Å². The van der Waals surface area contributed by atoms with Crippen molar-refractivity contribution < 1.29 is 19.0 Å². The Kier molecular flexibility index (Phi) is 3.45. The predicted molar refractivity (Wildman–Crippen MR) is 78.9 cm³/mol. The van der Waals surface area contributed by atoms with Gasteiger partial charge in [-0.05, 0) is 46.5 Å². The third-order valence-corrected chi connectivity index (χ3v) is 5.46. The summed E-state index contributed by atoms with van der Waals surface area (Å²) in [5.74, 6) is -0.103. The summed E-state index contributed by atoms with van der Waals surface area (Å²) in [6.45, 7) is 11.9. The lowest BCUT2D eigenvalue weighted by molar-refractivity contribution is -0.149. The number of carbonyl (C=O) groups is 1. The third-order valence-electron chi connectivity index (χ3n) is 5.46. The molecule has 6 atom stereocenters. The molecule has 0 N–H and O–H groups in total. The first-order valence-corrected chi connectivity index (χ1v) is 7.93. The van der Waals surface area contributed by atoms with E-state index in [9.17, 15) is 4.79 Å². The van der Waals surface area contributed by atoms with Crippen LogP contribution in [0.15, 0.2) is 12.2 Å². The van der Waals surface area contributed by atoms with E-state index in [1.807, 2.05) is 6.92 Å². The molecule has 0 radical (unpaired) electrons. The van der Waals surface area contributed by atoms with Gasteiger partial charge in [0.05, 0.1) is 17.3 Å². The molecule has 0 aromatic carbocycles. The molecular weight excluding hydrogens is 268 g/mol. The average Bonchev–Trinajstić information content (AvgIpc) is 3.21. The normalized spacial score (nSPS) is 48.6. The van der Waals surface area contributed by atoms with E-state index in [1.54, 1.807) is 0 Å². The minimum Gasteiger partial charge on any atom is -0.459 e. The van der Waals surface area contributed by atoms with E-state index in [-0.39, 0.29) is 35.3 Å². The molecule has 2 saturated heterocycles. The van der Waals surface area contributed by atoms with Gasteiger partial charge in [-0.1, -0.05) is 12.2 Å². The Morgan fingerprint density at radius 2 is 1.81 bits per heavy atom. The summed E-state index contributed by atoms with van der Waals surface area (Å²) in [5.41, 5.74) is 0.866. The van der Waals surface area contributed by atoms with Gasteiger partial charge < -0.3 is 14.2 Å². The largest absolute Gasteiger partial charge is 0.459 e. The quantitative estimate of drug-likeness (QED) is 0.446. The van der Waals surface area contributed by atoms with Gasteiger partial charge in [-0.15, -0.1) is 0 Å². The molecule has 0 aromatic heterocycles. The highest BCUT2D eigenvalue weighted by Crippen LogP contribution is 2.52. The third kappa shape index (κ3) is 2.76. The highest BCUT2D eigenvalue weighted by Gasteiger charge is 2.62. The molecule has 0 unspecified atom stereocenters. The van der Waals surface area contributed by atoms with Gasteiger partial charge in [0.2, 0.25) is 0 Å². The Bertz CT molecular complexity index is 473. The van der Waals surface area contributed by atoms with E-state index in [0.29, 0.717) is 6.10 Å². The van der Waals surface area contributed by atoms with Crippen LogP contribution in [0.2, 0.25) is 0 Å². The molecule has 3 rings (SSSR count). The Morgan fingerprint density at radius 3 is 2.43 bits per heavy atom. The number of rotatable bonds is 2. The zero-order valence-electron chi connectivity index (χ0n) is 13.5. The fourth-order valence-electron chi connectivity index (χ4n) is 3.84. The van der Waals surface area contributed by atoms with Crippen molar-refractivity contribution in [2.24, 2.45) is 5.92 Å².